The summed E-state index contributed by atoms with van der Waals surface area (Å²) in [5, 5.41) is 25.8. The fourth-order valence-electron chi connectivity index (χ4n) is 6.03. The van der Waals surface area contributed by atoms with Crippen molar-refractivity contribution in [3.05, 3.63) is 29.5 Å². The van der Waals surface area contributed by atoms with Crippen molar-refractivity contribution in [2.45, 2.75) is 50.4 Å². The number of rotatable bonds is 5. The molecule has 6 rings (SSSR count). The summed E-state index contributed by atoms with van der Waals surface area (Å²) in [6, 6.07) is 2.34. The van der Waals surface area contributed by atoms with E-state index in [9.17, 15) is 15.0 Å². The van der Waals surface area contributed by atoms with E-state index in [2.05, 4.69) is 15.3 Å². The van der Waals surface area contributed by atoms with E-state index in [-0.39, 0.29) is 11.8 Å². The first-order chi connectivity index (χ1) is 17.0. The van der Waals surface area contributed by atoms with Crippen LogP contribution in [-0.2, 0) is 9.53 Å². The van der Waals surface area contributed by atoms with Crippen LogP contribution in [0.3, 0.4) is 0 Å². The highest BCUT2D eigenvalue weighted by atomic mass is 32.1. The third-order valence-corrected chi connectivity index (χ3v) is 8.96. The van der Waals surface area contributed by atoms with Crippen LogP contribution in [0.15, 0.2) is 24.7 Å². The number of aromatic nitrogens is 3. The van der Waals surface area contributed by atoms with Gasteiger partial charge in [0.05, 0.1) is 24.0 Å². The number of pyridine rings is 1. The highest BCUT2D eigenvalue weighted by Gasteiger charge is 2.43. The summed E-state index contributed by atoms with van der Waals surface area (Å²) in [4.78, 5) is 27.7. The van der Waals surface area contributed by atoms with Gasteiger partial charge in [-0.3, -0.25) is 4.79 Å². The third-order valence-electron chi connectivity index (χ3n) is 7.80. The van der Waals surface area contributed by atoms with E-state index in [1.165, 1.54) is 0 Å². The van der Waals surface area contributed by atoms with Crippen LogP contribution in [0.5, 0.6) is 0 Å². The van der Waals surface area contributed by atoms with Gasteiger partial charge in [0.2, 0.25) is 0 Å². The van der Waals surface area contributed by atoms with Crippen molar-refractivity contribution < 1.29 is 19.7 Å². The maximum atomic E-state index is 12.2. The van der Waals surface area contributed by atoms with Crippen molar-refractivity contribution in [3.63, 3.8) is 0 Å². The van der Waals surface area contributed by atoms with Gasteiger partial charge in [-0.1, -0.05) is 0 Å². The molecule has 0 bridgehead atoms. The van der Waals surface area contributed by atoms with Crippen LogP contribution in [0.25, 0.3) is 21.6 Å². The van der Waals surface area contributed by atoms with Gasteiger partial charge in [-0.15, -0.1) is 11.3 Å². The molecule has 6 atom stereocenters. The van der Waals surface area contributed by atoms with Crippen LogP contribution < -0.4 is 5.32 Å². The van der Waals surface area contributed by atoms with Crippen LogP contribution in [0.1, 0.15) is 37.0 Å². The highest BCUT2D eigenvalue weighted by Crippen LogP contribution is 2.43. The van der Waals surface area contributed by atoms with Gasteiger partial charge in [0.1, 0.15) is 16.8 Å². The van der Waals surface area contributed by atoms with E-state index >= 15 is 0 Å². The Morgan fingerprint density at radius 2 is 2.09 bits per heavy atom. The maximum Gasteiger partial charge on any atom is 0.251 e. The molecule has 0 aromatic carbocycles. The smallest absolute Gasteiger partial charge is 0.251 e. The normalized spacial score (nSPS) is 29.5. The molecular weight excluding hydrogens is 466 g/mol. The molecule has 186 valence electrons. The van der Waals surface area contributed by atoms with Crippen molar-refractivity contribution in [1.29, 1.82) is 0 Å². The fourth-order valence-corrected chi connectivity index (χ4v) is 7.15. The quantitative estimate of drug-likeness (QED) is 0.427. The van der Waals surface area contributed by atoms with Crippen molar-refractivity contribution in [1.82, 2.24) is 19.9 Å². The van der Waals surface area contributed by atoms with Gasteiger partial charge in [0.25, 0.3) is 5.91 Å². The number of ether oxygens (including phenoxy) is 1. The minimum Gasteiger partial charge on any atom is -0.390 e. The molecule has 1 aliphatic carbocycles. The molecule has 2 saturated heterocycles. The van der Waals surface area contributed by atoms with Gasteiger partial charge >= 0.3 is 0 Å². The zero-order chi connectivity index (χ0) is 24.1. The molecule has 4 N–H and O–H groups in total. The van der Waals surface area contributed by atoms with Gasteiger partial charge in [0.15, 0.2) is 0 Å². The van der Waals surface area contributed by atoms with Gasteiger partial charge in [-0.2, -0.15) is 0 Å². The predicted molar refractivity (Wildman–Crippen MR) is 133 cm³/mol. The van der Waals surface area contributed by atoms with E-state index in [1.807, 2.05) is 29.6 Å². The van der Waals surface area contributed by atoms with E-state index in [0.717, 1.165) is 64.5 Å². The summed E-state index contributed by atoms with van der Waals surface area (Å²) < 4.78 is 5.40. The first kappa shape index (κ1) is 22.9. The maximum absolute atomic E-state index is 12.2. The van der Waals surface area contributed by atoms with E-state index in [4.69, 9.17) is 9.72 Å². The van der Waals surface area contributed by atoms with Crippen LogP contribution in [0.2, 0.25) is 0 Å². The molecule has 5 heterocycles. The molecule has 3 aliphatic rings. The molecule has 0 spiro atoms. The average molecular weight is 498 g/mol. The number of hydrogen-bond donors (Lipinski definition) is 4. The summed E-state index contributed by atoms with van der Waals surface area (Å²) in [5.41, 5.74) is 2.84. The largest absolute Gasteiger partial charge is 0.390 e. The first-order valence-electron chi connectivity index (χ1n) is 12.4. The van der Waals surface area contributed by atoms with Crippen LogP contribution in [0, 0.1) is 11.8 Å². The zero-order valence-electron chi connectivity index (χ0n) is 19.7. The van der Waals surface area contributed by atoms with E-state index in [0.29, 0.717) is 31.1 Å². The summed E-state index contributed by atoms with van der Waals surface area (Å²) in [6.45, 7) is 4.01. The number of anilines is 1. The Balaban J connectivity index is 1.24. The number of likely N-dealkylation sites (tertiary alicyclic amines) is 1. The van der Waals surface area contributed by atoms with Crippen molar-refractivity contribution in [3.8, 4) is 10.6 Å². The van der Waals surface area contributed by atoms with Crippen molar-refractivity contribution in [2.24, 2.45) is 11.8 Å². The van der Waals surface area contributed by atoms with Crippen LogP contribution >= 0.6 is 11.3 Å². The molecule has 2 aliphatic heterocycles. The predicted octanol–water partition coefficient (Wildman–Crippen LogP) is 2.58. The second-order valence-electron chi connectivity index (χ2n) is 10.1. The molecule has 3 fully saturated rings. The van der Waals surface area contributed by atoms with Crippen molar-refractivity contribution in [2.75, 3.05) is 31.6 Å². The monoisotopic (exact) mass is 497 g/mol. The number of nitrogens with one attached hydrogen (secondary N) is 2. The molecule has 3 aromatic rings. The second kappa shape index (κ2) is 9.16. The molecule has 1 saturated carbocycles. The number of aliphatic hydroxyl groups is 2. The molecule has 3 aromatic heterocycles. The number of aliphatic hydroxyl groups excluding tert-OH is 2. The SMILES string of the molecule is C[C@H](O)C(=O)N1C[C@H]2CC(Nc3c(-c4ncc(C5CCOCC5O)s4)cnc4[nH]ccc34)C[C@H]2C1. The molecule has 0 radical (unpaired) electrons. The number of nitrogens with zero attached hydrogens (tertiary/aromatic N) is 3. The van der Waals surface area contributed by atoms with Gasteiger partial charge in [-0.05, 0) is 44.1 Å². The lowest BCUT2D eigenvalue weighted by Crippen LogP contribution is -2.37. The number of carbonyl (C=O) groups excluding carboxylic acids is 1. The van der Waals surface area contributed by atoms with Gasteiger partial charge in [0, 0.05) is 60.5 Å². The molecule has 9 nitrogen and oxygen atoms in total. The van der Waals surface area contributed by atoms with E-state index < -0.39 is 12.2 Å². The molecular formula is C25H31N5O4S. The molecule has 1 amide bonds. The highest BCUT2D eigenvalue weighted by molar-refractivity contribution is 7.15. The summed E-state index contributed by atoms with van der Waals surface area (Å²) in [5.74, 6) is 0.785. The van der Waals surface area contributed by atoms with Gasteiger partial charge < -0.3 is 30.2 Å². The number of thiazole rings is 1. The Bertz CT molecular complexity index is 1210. The number of H-pyrrole nitrogens is 1. The summed E-state index contributed by atoms with van der Waals surface area (Å²) >= 11 is 1.62. The van der Waals surface area contributed by atoms with Crippen LogP contribution in [0.4, 0.5) is 5.69 Å². The summed E-state index contributed by atoms with van der Waals surface area (Å²) in [7, 11) is 0. The Hall–Kier alpha value is -2.53. The lowest BCUT2D eigenvalue weighted by molar-refractivity contribution is -0.138. The first-order valence-corrected chi connectivity index (χ1v) is 13.2. The molecule has 10 heteroatoms. The third kappa shape index (κ3) is 4.22. The number of carbonyl (C=O) groups is 1. The zero-order valence-corrected chi connectivity index (χ0v) is 20.5. The van der Waals surface area contributed by atoms with Crippen molar-refractivity contribution >= 4 is 34.0 Å². The second-order valence-corrected chi connectivity index (χ2v) is 11.2. The minimum absolute atomic E-state index is 0.0526. The molecule has 3 unspecified atom stereocenters. The number of amides is 1. The average Bonchev–Trinajstić information content (AvgIpc) is 3.62. The summed E-state index contributed by atoms with van der Waals surface area (Å²) in [6.07, 6.45) is 7.00. The Kier molecular flexibility index (Phi) is 6.00. The minimum atomic E-state index is -0.936. The number of aromatic amines is 1. The lowest BCUT2D eigenvalue weighted by Gasteiger charge is -2.26. The fraction of sp³-hybridized carbons (Fsp3) is 0.560. The number of fused-ring (bicyclic) bond motifs is 2. The van der Waals surface area contributed by atoms with Gasteiger partial charge in [-0.25, -0.2) is 9.97 Å². The standard InChI is InChI=1S/C25H31N5O4S/c1-13(31)25(33)30-10-14-6-16(7-15(14)11-30)29-22-18-2-4-26-23(18)27-8-19(22)24-28-9-21(35-24)17-3-5-34-12-20(17)32/h2,4,8-9,13-17,20,31-32H,3,5-7,10-12H2,1H3,(H2,26,27,29)/t13-,14-,15+,16?,17?,20?/m0/s1. The molecule has 35 heavy (non-hydrogen) atoms. The van der Waals surface area contributed by atoms with E-state index in [1.54, 1.807) is 18.3 Å². The van der Waals surface area contributed by atoms with Crippen LogP contribution in [-0.4, -0.2) is 80.5 Å². The Morgan fingerprint density at radius 1 is 1.29 bits per heavy atom. The topological polar surface area (TPSA) is 124 Å². The number of hydrogen-bond acceptors (Lipinski definition) is 8. The lowest BCUT2D eigenvalue weighted by atomic mass is 9.96. The Morgan fingerprint density at radius 3 is 2.83 bits per heavy atom. The Labute approximate surface area is 207 Å².